The molecule has 10 heteroatoms. The predicted octanol–water partition coefficient (Wildman–Crippen LogP) is 7.00. The number of amides is 1. The van der Waals surface area contributed by atoms with Gasteiger partial charge in [-0.05, 0) is 60.0 Å². The third-order valence-electron chi connectivity index (χ3n) is 6.76. The molecule has 3 aromatic carbocycles. The SMILES string of the molecule is Cc1cc(/C(O)=C2\C(=O)C(=O)N(c3nc4cc(Cl)c(F)cc4s3)C2c2cccnc2)ccc1OCc1ccccc1. The van der Waals surface area contributed by atoms with Crippen molar-refractivity contribution in [3.05, 3.63) is 124 Å². The molecule has 0 radical (unpaired) electrons. The molecule has 0 spiro atoms. The van der Waals surface area contributed by atoms with E-state index >= 15 is 0 Å². The Morgan fingerprint density at radius 2 is 1.90 bits per heavy atom. The first-order valence-corrected chi connectivity index (χ1v) is 13.8. The Morgan fingerprint density at radius 3 is 2.63 bits per heavy atom. The minimum absolute atomic E-state index is 0.105. The molecule has 1 saturated heterocycles. The highest BCUT2D eigenvalue weighted by Crippen LogP contribution is 2.44. The van der Waals surface area contributed by atoms with E-state index in [1.165, 1.54) is 23.2 Å². The number of rotatable bonds is 6. The van der Waals surface area contributed by atoms with Gasteiger partial charge in [-0.1, -0.05) is 59.3 Å². The maximum atomic E-state index is 14.1. The number of ether oxygens (including phenoxy) is 1. The number of thiazole rings is 1. The zero-order valence-electron chi connectivity index (χ0n) is 21.5. The van der Waals surface area contributed by atoms with Crippen LogP contribution in [0.1, 0.15) is 28.3 Å². The fourth-order valence-corrected chi connectivity index (χ4v) is 5.90. The molecule has 1 unspecified atom stereocenters. The van der Waals surface area contributed by atoms with Crippen molar-refractivity contribution < 1.29 is 23.8 Å². The van der Waals surface area contributed by atoms with Crippen molar-refractivity contribution in [1.82, 2.24) is 9.97 Å². The first-order valence-electron chi connectivity index (χ1n) is 12.6. The summed E-state index contributed by atoms with van der Waals surface area (Å²) in [5.41, 5.74) is 2.86. The van der Waals surface area contributed by atoms with Crippen LogP contribution >= 0.6 is 22.9 Å². The monoisotopic (exact) mass is 585 g/mol. The number of aryl methyl sites for hydroxylation is 1. The second-order valence-electron chi connectivity index (χ2n) is 9.44. The van der Waals surface area contributed by atoms with Crippen LogP contribution in [0.5, 0.6) is 5.75 Å². The van der Waals surface area contributed by atoms with Crippen molar-refractivity contribution in [3.63, 3.8) is 0 Å². The lowest BCUT2D eigenvalue weighted by molar-refractivity contribution is -0.132. The number of hydrogen-bond donors (Lipinski definition) is 1. The number of carbonyl (C=O) groups is 2. The van der Waals surface area contributed by atoms with Gasteiger partial charge in [-0.2, -0.15) is 0 Å². The van der Waals surface area contributed by atoms with E-state index in [1.54, 1.807) is 36.5 Å². The maximum Gasteiger partial charge on any atom is 0.301 e. The molecule has 0 bridgehead atoms. The topological polar surface area (TPSA) is 92.6 Å². The number of anilines is 1. The van der Waals surface area contributed by atoms with Crippen molar-refractivity contribution >= 4 is 55.7 Å². The summed E-state index contributed by atoms with van der Waals surface area (Å²) in [5, 5.41) is 11.5. The lowest BCUT2D eigenvalue weighted by Gasteiger charge is -2.22. The number of benzene rings is 3. The zero-order valence-corrected chi connectivity index (χ0v) is 23.1. The van der Waals surface area contributed by atoms with Gasteiger partial charge in [0.2, 0.25) is 0 Å². The van der Waals surface area contributed by atoms with Gasteiger partial charge in [0.15, 0.2) is 5.13 Å². The summed E-state index contributed by atoms with van der Waals surface area (Å²) in [6.45, 7) is 2.20. The van der Waals surface area contributed by atoms with Crippen LogP contribution in [0.2, 0.25) is 5.02 Å². The molecule has 6 rings (SSSR count). The third-order valence-corrected chi connectivity index (χ3v) is 8.06. The lowest BCUT2D eigenvalue weighted by atomic mass is 9.96. The van der Waals surface area contributed by atoms with Crippen molar-refractivity contribution in [2.24, 2.45) is 0 Å². The summed E-state index contributed by atoms with van der Waals surface area (Å²) < 4.78 is 20.5. The van der Waals surface area contributed by atoms with Gasteiger partial charge in [0.1, 0.15) is 23.9 Å². The van der Waals surface area contributed by atoms with Crippen molar-refractivity contribution in [1.29, 1.82) is 0 Å². The Morgan fingerprint density at radius 1 is 1.10 bits per heavy atom. The van der Waals surface area contributed by atoms with E-state index in [9.17, 15) is 19.1 Å². The molecule has 0 aliphatic carbocycles. The smallest absolute Gasteiger partial charge is 0.301 e. The number of hydrogen-bond acceptors (Lipinski definition) is 7. The molecule has 2 aromatic heterocycles. The Bertz CT molecular complexity index is 1800. The molecular formula is C31H21ClFN3O4S. The molecule has 1 atom stereocenters. The average molecular weight is 586 g/mol. The van der Waals surface area contributed by atoms with Crippen LogP contribution in [-0.2, 0) is 16.2 Å². The number of nitrogens with zero attached hydrogens (tertiary/aromatic N) is 3. The number of aliphatic hydroxyl groups excluding tert-OH is 1. The summed E-state index contributed by atoms with van der Waals surface area (Å²) in [5.74, 6) is -2.08. The van der Waals surface area contributed by atoms with Crippen LogP contribution in [-0.4, -0.2) is 26.8 Å². The van der Waals surface area contributed by atoms with E-state index in [0.717, 1.165) is 22.5 Å². The molecule has 41 heavy (non-hydrogen) atoms. The van der Waals surface area contributed by atoms with Gasteiger partial charge in [-0.15, -0.1) is 0 Å². The van der Waals surface area contributed by atoms with Crippen LogP contribution in [0.25, 0.3) is 16.0 Å². The Labute approximate surface area is 243 Å². The largest absolute Gasteiger partial charge is 0.507 e. The van der Waals surface area contributed by atoms with Crippen LogP contribution in [0.4, 0.5) is 9.52 Å². The normalized spacial score (nSPS) is 16.5. The Kier molecular flexibility index (Phi) is 6.98. The molecule has 7 nitrogen and oxygen atoms in total. The number of Topliss-reactive ketones (excluding diaryl/α,β-unsaturated/α-hetero) is 1. The highest BCUT2D eigenvalue weighted by atomic mass is 35.5. The van der Waals surface area contributed by atoms with Crippen LogP contribution in [0.15, 0.2) is 90.8 Å². The van der Waals surface area contributed by atoms with Crippen LogP contribution < -0.4 is 9.64 Å². The number of carbonyl (C=O) groups excluding carboxylic acids is 2. The first-order chi connectivity index (χ1) is 19.8. The summed E-state index contributed by atoms with van der Waals surface area (Å²) in [7, 11) is 0. The summed E-state index contributed by atoms with van der Waals surface area (Å²) in [4.78, 5) is 36.8. The fourth-order valence-electron chi connectivity index (χ4n) is 4.75. The van der Waals surface area contributed by atoms with E-state index in [4.69, 9.17) is 16.3 Å². The molecule has 0 saturated carbocycles. The van der Waals surface area contributed by atoms with Gasteiger partial charge in [-0.25, -0.2) is 9.37 Å². The van der Waals surface area contributed by atoms with E-state index < -0.39 is 23.5 Å². The van der Waals surface area contributed by atoms with E-state index in [-0.39, 0.29) is 21.5 Å². The standard InChI is InChI=1S/C31H21ClFN3O4S/c1-17-12-19(9-10-24(17)40-16-18-6-3-2-4-7-18)28(37)26-27(20-8-5-11-34-15-20)36(30(39)29(26)38)31-35-23-13-21(32)22(33)14-25(23)41-31/h2-15,27,37H,16H2,1H3/b28-26+. The molecule has 5 aromatic rings. The van der Waals surface area contributed by atoms with E-state index in [0.29, 0.717) is 33.7 Å². The fraction of sp³-hybridized carbons (Fsp3) is 0.0968. The highest BCUT2D eigenvalue weighted by molar-refractivity contribution is 7.22. The highest BCUT2D eigenvalue weighted by Gasteiger charge is 2.48. The van der Waals surface area contributed by atoms with Gasteiger partial charge in [-0.3, -0.25) is 19.5 Å². The molecular weight excluding hydrogens is 565 g/mol. The summed E-state index contributed by atoms with van der Waals surface area (Å²) in [6.07, 6.45) is 3.09. The molecule has 3 heterocycles. The molecule has 1 amide bonds. The molecule has 1 N–H and O–H groups in total. The number of aromatic nitrogens is 2. The van der Waals surface area contributed by atoms with Gasteiger partial charge in [0.25, 0.3) is 5.78 Å². The van der Waals surface area contributed by atoms with E-state index in [1.807, 2.05) is 37.3 Å². The first kappa shape index (κ1) is 26.6. The summed E-state index contributed by atoms with van der Waals surface area (Å²) >= 11 is 6.98. The number of aliphatic hydroxyl groups is 1. The second kappa shape index (κ2) is 10.8. The maximum absolute atomic E-state index is 14.1. The van der Waals surface area contributed by atoms with Gasteiger partial charge in [0.05, 0.1) is 26.9 Å². The number of fused-ring (bicyclic) bond motifs is 1. The number of pyridine rings is 1. The lowest BCUT2D eigenvalue weighted by Crippen LogP contribution is -2.29. The molecule has 1 fully saturated rings. The Balaban J connectivity index is 1.41. The van der Waals surface area contributed by atoms with E-state index in [2.05, 4.69) is 9.97 Å². The molecule has 1 aliphatic rings. The minimum atomic E-state index is -1.01. The van der Waals surface area contributed by atoms with Crippen molar-refractivity contribution in [3.8, 4) is 5.75 Å². The average Bonchev–Trinajstić information content (AvgIpc) is 3.50. The predicted molar refractivity (Wildman–Crippen MR) is 156 cm³/mol. The molecule has 1 aliphatic heterocycles. The zero-order chi connectivity index (χ0) is 28.7. The van der Waals surface area contributed by atoms with Gasteiger partial charge < -0.3 is 9.84 Å². The second-order valence-corrected chi connectivity index (χ2v) is 10.9. The number of ketones is 1. The Hall–Kier alpha value is -4.60. The van der Waals surface area contributed by atoms with Gasteiger partial charge in [0, 0.05) is 18.0 Å². The van der Waals surface area contributed by atoms with Gasteiger partial charge >= 0.3 is 5.91 Å². The quantitative estimate of drug-likeness (QED) is 0.131. The van der Waals surface area contributed by atoms with Crippen LogP contribution in [0.3, 0.4) is 0 Å². The summed E-state index contributed by atoms with van der Waals surface area (Å²) in [6, 6.07) is 19.7. The molecule has 204 valence electrons. The van der Waals surface area contributed by atoms with Crippen LogP contribution in [0, 0.1) is 12.7 Å². The van der Waals surface area contributed by atoms with Crippen molar-refractivity contribution in [2.45, 2.75) is 19.6 Å². The minimum Gasteiger partial charge on any atom is -0.507 e. The number of halogens is 2. The van der Waals surface area contributed by atoms with Crippen molar-refractivity contribution in [2.75, 3.05) is 4.90 Å². The third kappa shape index (κ3) is 4.94.